The van der Waals surface area contributed by atoms with E-state index in [1.54, 1.807) is 0 Å². The third-order valence-corrected chi connectivity index (χ3v) is 2.42. The van der Waals surface area contributed by atoms with Crippen molar-refractivity contribution in [2.75, 3.05) is 13.7 Å². The minimum Gasteiger partial charge on any atom is -0.496 e. The number of nitrogens with two attached hydrogens (primary N) is 1. The number of benzene rings is 1. The lowest BCUT2D eigenvalue weighted by atomic mass is 10.1. The van der Waals surface area contributed by atoms with Crippen molar-refractivity contribution in [1.82, 2.24) is 4.98 Å². The van der Waals surface area contributed by atoms with Gasteiger partial charge in [-0.25, -0.2) is 4.39 Å². The SMILES string of the molecule is COc1cc(F)cc2[nH]cc(CCN)c12. The summed E-state index contributed by atoms with van der Waals surface area (Å²) in [5.74, 6) is 0.246. The van der Waals surface area contributed by atoms with E-state index in [1.807, 2.05) is 6.20 Å². The molecule has 0 atom stereocenters. The maximum Gasteiger partial charge on any atom is 0.131 e. The molecule has 0 aliphatic heterocycles. The summed E-state index contributed by atoms with van der Waals surface area (Å²) in [6.45, 7) is 0.563. The van der Waals surface area contributed by atoms with Crippen molar-refractivity contribution in [2.45, 2.75) is 6.42 Å². The Morgan fingerprint density at radius 1 is 1.47 bits per heavy atom. The number of hydrogen-bond acceptors (Lipinski definition) is 2. The van der Waals surface area contributed by atoms with Gasteiger partial charge in [0.2, 0.25) is 0 Å². The van der Waals surface area contributed by atoms with E-state index in [1.165, 1.54) is 19.2 Å². The Hall–Kier alpha value is -1.55. The van der Waals surface area contributed by atoms with Crippen LogP contribution in [-0.4, -0.2) is 18.6 Å². The maximum atomic E-state index is 13.2. The third-order valence-electron chi connectivity index (χ3n) is 2.42. The summed E-state index contributed by atoms with van der Waals surface area (Å²) in [7, 11) is 1.54. The number of H-pyrrole nitrogens is 1. The normalized spacial score (nSPS) is 10.9. The van der Waals surface area contributed by atoms with E-state index < -0.39 is 0 Å². The number of rotatable bonds is 3. The number of methoxy groups -OCH3 is 1. The highest BCUT2D eigenvalue weighted by Gasteiger charge is 2.10. The van der Waals surface area contributed by atoms with E-state index in [0.717, 1.165) is 22.9 Å². The van der Waals surface area contributed by atoms with Crippen LogP contribution in [0.5, 0.6) is 5.75 Å². The molecule has 4 heteroatoms. The van der Waals surface area contributed by atoms with Crippen LogP contribution in [0.15, 0.2) is 18.3 Å². The molecule has 80 valence electrons. The molecule has 0 amide bonds. The Kier molecular flexibility index (Phi) is 2.60. The number of fused-ring (bicyclic) bond motifs is 1. The van der Waals surface area contributed by atoms with Crippen molar-refractivity contribution in [2.24, 2.45) is 5.73 Å². The number of hydrogen-bond donors (Lipinski definition) is 2. The second-order valence-electron chi connectivity index (χ2n) is 3.38. The van der Waals surface area contributed by atoms with Crippen LogP contribution >= 0.6 is 0 Å². The average Bonchev–Trinajstić information content (AvgIpc) is 2.61. The monoisotopic (exact) mass is 208 g/mol. The first-order chi connectivity index (χ1) is 7.26. The second-order valence-corrected chi connectivity index (χ2v) is 3.38. The zero-order valence-corrected chi connectivity index (χ0v) is 8.51. The molecule has 0 fully saturated rings. The van der Waals surface area contributed by atoms with Crippen molar-refractivity contribution in [1.29, 1.82) is 0 Å². The zero-order chi connectivity index (χ0) is 10.8. The Bertz CT molecular complexity index is 479. The lowest BCUT2D eigenvalue weighted by Crippen LogP contribution is -2.02. The van der Waals surface area contributed by atoms with Crippen LogP contribution in [0, 0.1) is 5.82 Å². The van der Waals surface area contributed by atoms with Gasteiger partial charge >= 0.3 is 0 Å². The number of ether oxygens (including phenoxy) is 1. The first-order valence-corrected chi connectivity index (χ1v) is 4.80. The Morgan fingerprint density at radius 2 is 2.27 bits per heavy atom. The quantitative estimate of drug-likeness (QED) is 0.808. The van der Waals surface area contributed by atoms with E-state index in [9.17, 15) is 4.39 Å². The fourth-order valence-electron chi connectivity index (χ4n) is 1.78. The largest absolute Gasteiger partial charge is 0.496 e. The Balaban J connectivity index is 2.66. The van der Waals surface area contributed by atoms with Crippen molar-refractivity contribution in [3.05, 3.63) is 29.7 Å². The van der Waals surface area contributed by atoms with Gasteiger partial charge in [0.25, 0.3) is 0 Å². The average molecular weight is 208 g/mol. The van der Waals surface area contributed by atoms with E-state index in [0.29, 0.717) is 12.3 Å². The minimum atomic E-state index is -0.305. The van der Waals surface area contributed by atoms with Gasteiger partial charge in [0.1, 0.15) is 11.6 Å². The number of halogens is 1. The summed E-state index contributed by atoms with van der Waals surface area (Å²) < 4.78 is 18.3. The van der Waals surface area contributed by atoms with E-state index >= 15 is 0 Å². The van der Waals surface area contributed by atoms with Crippen LogP contribution in [-0.2, 0) is 6.42 Å². The van der Waals surface area contributed by atoms with Gasteiger partial charge < -0.3 is 15.5 Å². The predicted octanol–water partition coefficient (Wildman–Crippen LogP) is 1.82. The third kappa shape index (κ3) is 1.68. The lowest BCUT2D eigenvalue weighted by Gasteiger charge is -2.04. The first-order valence-electron chi connectivity index (χ1n) is 4.80. The topological polar surface area (TPSA) is 51.0 Å². The molecule has 3 nitrogen and oxygen atoms in total. The van der Waals surface area contributed by atoms with Gasteiger partial charge in [0, 0.05) is 17.6 Å². The maximum absolute atomic E-state index is 13.2. The Labute approximate surface area is 87.0 Å². The molecule has 0 spiro atoms. The minimum absolute atomic E-state index is 0.305. The van der Waals surface area contributed by atoms with Crippen molar-refractivity contribution >= 4 is 10.9 Å². The molecule has 2 aromatic rings. The van der Waals surface area contributed by atoms with E-state index in [-0.39, 0.29) is 5.82 Å². The molecular formula is C11H13FN2O. The Morgan fingerprint density at radius 3 is 2.93 bits per heavy atom. The molecule has 1 aromatic heterocycles. The van der Waals surface area contributed by atoms with Gasteiger partial charge in [-0.3, -0.25) is 0 Å². The van der Waals surface area contributed by atoms with Crippen LogP contribution < -0.4 is 10.5 Å². The van der Waals surface area contributed by atoms with Crippen LogP contribution in [0.1, 0.15) is 5.56 Å². The molecule has 2 rings (SSSR count). The van der Waals surface area contributed by atoms with Crippen molar-refractivity contribution in [3.63, 3.8) is 0 Å². The summed E-state index contributed by atoms with van der Waals surface area (Å²) in [6.07, 6.45) is 2.60. The van der Waals surface area contributed by atoms with Gasteiger partial charge in [-0.1, -0.05) is 0 Å². The molecular weight excluding hydrogens is 195 g/mol. The smallest absolute Gasteiger partial charge is 0.131 e. The van der Waals surface area contributed by atoms with Crippen LogP contribution in [0.25, 0.3) is 10.9 Å². The van der Waals surface area contributed by atoms with Gasteiger partial charge in [0.15, 0.2) is 0 Å². The summed E-state index contributed by atoms with van der Waals surface area (Å²) >= 11 is 0. The van der Waals surface area contributed by atoms with Crippen LogP contribution in [0.2, 0.25) is 0 Å². The molecule has 0 aliphatic rings. The van der Waals surface area contributed by atoms with Gasteiger partial charge in [-0.2, -0.15) is 0 Å². The number of aromatic nitrogens is 1. The first kappa shape index (κ1) is 9.98. The van der Waals surface area contributed by atoms with E-state index in [2.05, 4.69) is 4.98 Å². The fourth-order valence-corrected chi connectivity index (χ4v) is 1.78. The summed E-state index contributed by atoms with van der Waals surface area (Å²) in [4.78, 5) is 3.01. The highest BCUT2D eigenvalue weighted by Crippen LogP contribution is 2.29. The molecule has 1 aromatic carbocycles. The molecule has 0 radical (unpaired) electrons. The molecule has 0 saturated heterocycles. The molecule has 0 aliphatic carbocycles. The number of nitrogens with one attached hydrogen (secondary N) is 1. The van der Waals surface area contributed by atoms with Crippen molar-refractivity contribution in [3.8, 4) is 5.75 Å². The lowest BCUT2D eigenvalue weighted by molar-refractivity contribution is 0.416. The molecule has 0 bridgehead atoms. The zero-order valence-electron chi connectivity index (χ0n) is 8.51. The van der Waals surface area contributed by atoms with Gasteiger partial charge in [0.05, 0.1) is 12.6 Å². The molecule has 0 saturated carbocycles. The van der Waals surface area contributed by atoms with Gasteiger partial charge in [-0.15, -0.1) is 0 Å². The molecule has 0 unspecified atom stereocenters. The highest BCUT2D eigenvalue weighted by molar-refractivity contribution is 5.89. The van der Waals surface area contributed by atoms with Crippen molar-refractivity contribution < 1.29 is 9.13 Å². The second kappa shape index (κ2) is 3.90. The van der Waals surface area contributed by atoms with E-state index in [4.69, 9.17) is 10.5 Å². The summed E-state index contributed by atoms with van der Waals surface area (Å²) in [5, 5.41) is 0.921. The standard InChI is InChI=1S/C11H13FN2O/c1-15-10-5-8(12)4-9-11(10)7(2-3-13)6-14-9/h4-6,14H,2-3,13H2,1H3. The molecule has 1 heterocycles. The molecule has 15 heavy (non-hydrogen) atoms. The van der Waals surface area contributed by atoms with Crippen LogP contribution in [0.3, 0.4) is 0 Å². The summed E-state index contributed by atoms with van der Waals surface area (Å²) in [5.41, 5.74) is 7.31. The predicted molar refractivity (Wildman–Crippen MR) is 57.6 cm³/mol. The number of aromatic amines is 1. The van der Waals surface area contributed by atoms with Crippen LogP contribution in [0.4, 0.5) is 4.39 Å². The summed E-state index contributed by atoms with van der Waals surface area (Å²) in [6, 6.07) is 2.84. The highest BCUT2D eigenvalue weighted by atomic mass is 19.1. The fraction of sp³-hybridized carbons (Fsp3) is 0.273. The molecule has 3 N–H and O–H groups in total. The van der Waals surface area contributed by atoms with Gasteiger partial charge in [-0.05, 0) is 24.6 Å².